The van der Waals surface area contributed by atoms with Crippen LogP contribution in [0.5, 0.6) is 11.5 Å². The van der Waals surface area contributed by atoms with E-state index in [1.54, 1.807) is 26.4 Å². The predicted molar refractivity (Wildman–Crippen MR) is 71.1 cm³/mol. The van der Waals surface area contributed by atoms with E-state index in [0.717, 1.165) is 5.56 Å². The van der Waals surface area contributed by atoms with E-state index < -0.39 is 12.2 Å². The maximum Gasteiger partial charge on any atom is 0.403 e. The summed E-state index contributed by atoms with van der Waals surface area (Å²) in [5, 5.41) is 0. The summed E-state index contributed by atoms with van der Waals surface area (Å²) in [5.41, 5.74) is 6.01. The Labute approximate surface area is 116 Å². The van der Waals surface area contributed by atoms with Crippen LogP contribution in [0.2, 0.25) is 0 Å². The fourth-order valence-corrected chi connectivity index (χ4v) is 1.90. The number of benzene rings is 1. The standard InChI is InChI=1S/C14H20F3NO2/c1-19-11-8-7-10(12(9-11)20-2)5-3-4-6-13(18)14(15,16)17/h7-9,13H,3-6,18H2,1-2H3. The number of halogens is 3. The zero-order valence-corrected chi connectivity index (χ0v) is 11.7. The molecule has 3 nitrogen and oxygen atoms in total. The van der Waals surface area contributed by atoms with E-state index >= 15 is 0 Å². The van der Waals surface area contributed by atoms with E-state index in [2.05, 4.69) is 0 Å². The Morgan fingerprint density at radius 3 is 2.40 bits per heavy atom. The summed E-state index contributed by atoms with van der Waals surface area (Å²) in [7, 11) is 3.12. The molecule has 0 aliphatic heterocycles. The third-order valence-corrected chi connectivity index (χ3v) is 3.13. The first-order chi connectivity index (χ1) is 9.38. The first-order valence-electron chi connectivity index (χ1n) is 6.41. The molecule has 0 spiro atoms. The molecule has 1 unspecified atom stereocenters. The Bertz CT molecular complexity index is 421. The van der Waals surface area contributed by atoms with Crippen LogP contribution in [0.15, 0.2) is 18.2 Å². The number of unbranched alkanes of at least 4 members (excludes halogenated alkanes) is 1. The van der Waals surface area contributed by atoms with Gasteiger partial charge in [-0.25, -0.2) is 0 Å². The molecule has 0 aromatic heterocycles. The highest BCUT2D eigenvalue weighted by Crippen LogP contribution is 2.27. The van der Waals surface area contributed by atoms with Crippen LogP contribution in [-0.4, -0.2) is 26.4 Å². The van der Waals surface area contributed by atoms with E-state index in [4.69, 9.17) is 15.2 Å². The van der Waals surface area contributed by atoms with E-state index in [0.29, 0.717) is 30.8 Å². The van der Waals surface area contributed by atoms with Crippen LogP contribution >= 0.6 is 0 Å². The molecule has 2 N–H and O–H groups in total. The van der Waals surface area contributed by atoms with Crippen LogP contribution in [0.3, 0.4) is 0 Å². The Morgan fingerprint density at radius 1 is 1.15 bits per heavy atom. The molecule has 114 valence electrons. The van der Waals surface area contributed by atoms with Crippen molar-refractivity contribution < 1.29 is 22.6 Å². The predicted octanol–water partition coefficient (Wildman–Crippen LogP) is 3.31. The molecule has 1 rings (SSSR count). The topological polar surface area (TPSA) is 44.5 Å². The molecule has 1 atom stereocenters. The average molecular weight is 291 g/mol. The van der Waals surface area contributed by atoms with Gasteiger partial charge in [0.05, 0.1) is 14.2 Å². The van der Waals surface area contributed by atoms with Crippen LogP contribution < -0.4 is 15.2 Å². The molecule has 0 heterocycles. The number of methoxy groups -OCH3 is 2. The van der Waals surface area contributed by atoms with Crippen LogP contribution in [0.4, 0.5) is 13.2 Å². The van der Waals surface area contributed by atoms with Crippen molar-refractivity contribution in [2.45, 2.75) is 37.9 Å². The molecule has 1 aromatic carbocycles. The second-order valence-corrected chi connectivity index (χ2v) is 4.57. The average Bonchev–Trinajstić information content (AvgIpc) is 2.42. The third kappa shape index (κ3) is 4.92. The van der Waals surface area contributed by atoms with E-state index in [9.17, 15) is 13.2 Å². The summed E-state index contributed by atoms with van der Waals surface area (Å²) >= 11 is 0. The summed E-state index contributed by atoms with van der Waals surface area (Å²) in [5.74, 6) is 1.37. The maximum atomic E-state index is 12.2. The summed E-state index contributed by atoms with van der Waals surface area (Å²) in [6, 6.07) is 3.69. The van der Waals surface area contributed by atoms with Crippen molar-refractivity contribution in [1.82, 2.24) is 0 Å². The monoisotopic (exact) mass is 291 g/mol. The number of alkyl halides is 3. The highest BCUT2D eigenvalue weighted by molar-refractivity contribution is 5.40. The fourth-order valence-electron chi connectivity index (χ4n) is 1.90. The number of nitrogens with two attached hydrogens (primary N) is 1. The number of aryl methyl sites for hydroxylation is 1. The number of hydrogen-bond donors (Lipinski definition) is 1. The second-order valence-electron chi connectivity index (χ2n) is 4.57. The van der Waals surface area contributed by atoms with Crippen molar-refractivity contribution in [1.29, 1.82) is 0 Å². The van der Waals surface area contributed by atoms with Gasteiger partial charge in [0, 0.05) is 6.07 Å². The molecule has 6 heteroatoms. The lowest BCUT2D eigenvalue weighted by molar-refractivity contribution is -0.149. The molecule has 0 bridgehead atoms. The lowest BCUT2D eigenvalue weighted by atomic mass is 10.0. The molecule has 0 saturated carbocycles. The first-order valence-corrected chi connectivity index (χ1v) is 6.41. The van der Waals surface area contributed by atoms with Gasteiger partial charge >= 0.3 is 6.18 Å². The Morgan fingerprint density at radius 2 is 1.85 bits per heavy atom. The van der Waals surface area contributed by atoms with Crippen LogP contribution in [0, 0.1) is 0 Å². The number of hydrogen-bond acceptors (Lipinski definition) is 3. The largest absolute Gasteiger partial charge is 0.497 e. The zero-order valence-electron chi connectivity index (χ0n) is 11.7. The van der Waals surface area contributed by atoms with E-state index in [1.807, 2.05) is 6.07 Å². The van der Waals surface area contributed by atoms with Crippen LogP contribution in [0.1, 0.15) is 24.8 Å². The molecule has 0 fully saturated rings. The Hall–Kier alpha value is -1.43. The van der Waals surface area contributed by atoms with Gasteiger partial charge in [-0.05, 0) is 30.9 Å². The Kier molecular flexibility index (Phi) is 6.13. The molecule has 0 radical (unpaired) electrons. The van der Waals surface area contributed by atoms with Crippen molar-refractivity contribution in [2.75, 3.05) is 14.2 Å². The van der Waals surface area contributed by atoms with Crippen molar-refractivity contribution in [3.05, 3.63) is 23.8 Å². The van der Waals surface area contributed by atoms with Gasteiger partial charge in [0.15, 0.2) is 0 Å². The van der Waals surface area contributed by atoms with Crippen molar-refractivity contribution >= 4 is 0 Å². The lowest BCUT2D eigenvalue weighted by Crippen LogP contribution is -2.37. The third-order valence-electron chi connectivity index (χ3n) is 3.13. The summed E-state index contributed by atoms with van der Waals surface area (Å²) in [4.78, 5) is 0. The maximum absolute atomic E-state index is 12.2. The molecular formula is C14H20F3NO2. The number of ether oxygens (including phenoxy) is 2. The van der Waals surface area contributed by atoms with Crippen molar-refractivity contribution in [3.8, 4) is 11.5 Å². The molecule has 0 aliphatic rings. The minimum absolute atomic E-state index is 0.0536. The van der Waals surface area contributed by atoms with E-state index in [-0.39, 0.29) is 6.42 Å². The quantitative estimate of drug-likeness (QED) is 0.784. The SMILES string of the molecule is COc1ccc(CCCCC(N)C(F)(F)F)c(OC)c1. The second kappa shape index (κ2) is 7.38. The van der Waals surface area contributed by atoms with Gasteiger partial charge in [-0.2, -0.15) is 13.2 Å². The van der Waals surface area contributed by atoms with Crippen LogP contribution in [-0.2, 0) is 6.42 Å². The van der Waals surface area contributed by atoms with Crippen molar-refractivity contribution in [2.24, 2.45) is 5.73 Å². The van der Waals surface area contributed by atoms with Gasteiger partial charge in [0.1, 0.15) is 17.5 Å². The van der Waals surface area contributed by atoms with Crippen molar-refractivity contribution in [3.63, 3.8) is 0 Å². The molecule has 0 aliphatic carbocycles. The van der Waals surface area contributed by atoms with Gasteiger partial charge < -0.3 is 15.2 Å². The highest BCUT2D eigenvalue weighted by atomic mass is 19.4. The molecular weight excluding hydrogens is 271 g/mol. The van der Waals surface area contributed by atoms with E-state index in [1.165, 1.54) is 0 Å². The zero-order chi connectivity index (χ0) is 15.2. The molecule has 20 heavy (non-hydrogen) atoms. The van der Waals surface area contributed by atoms with Gasteiger partial charge in [-0.15, -0.1) is 0 Å². The fraction of sp³-hybridized carbons (Fsp3) is 0.571. The summed E-state index contributed by atoms with van der Waals surface area (Å²) in [6.07, 6.45) is -2.65. The summed E-state index contributed by atoms with van der Waals surface area (Å²) < 4.78 is 47.0. The highest BCUT2D eigenvalue weighted by Gasteiger charge is 2.35. The molecule has 0 amide bonds. The van der Waals surface area contributed by atoms with Gasteiger partial charge in [-0.3, -0.25) is 0 Å². The van der Waals surface area contributed by atoms with Crippen LogP contribution in [0.25, 0.3) is 0 Å². The Balaban J connectivity index is 2.46. The lowest BCUT2D eigenvalue weighted by Gasteiger charge is -2.15. The smallest absolute Gasteiger partial charge is 0.403 e. The number of rotatable bonds is 7. The normalized spacial score (nSPS) is 13.1. The minimum Gasteiger partial charge on any atom is -0.497 e. The van der Waals surface area contributed by atoms with Gasteiger partial charge in [-0.1, -0.05) is 12.5 Å². The van der Waals surface area contributed by atoms with Gasteiger partial charge in [0.25, 0.3) is 0 Å². The van der Waals surface area contributed by atoms with Gasteiger partial charge in [0.2, 0.25) is 0 Å². The molecule has 0 saturated heterocycles. The molecule has 1 aromatic rings. The minimum atomic E-state index is -4.31. The first kappa shape index (κ1) is 16.6. The summed E-state index contributed by atoms with van der Waals surface area (Å²) in [6.45, 7) is 0.